The van der Waals surface area contributed by atoms with E-state index in [4.69, 9.17) is 11.6 Å². The second-order valence-electron chi connectivity index (χ2n) is 6.00. The number of halogens is 1. The first-order valence-corrected chi connectivity index (χ1v) is 10.9. The maximum Gasteiger partial charge on any atom is 0.236 e. The minimum absolute atomic E-state index is 0.138. The molecule has 0 bridgehead atoms. The van der Waals surface area contributed by atoms with Crippen LogP contribution in [0.5, 0.6) is 0 Å². The standard InChI is InChI=1S/C20H18ClN3O2S2/c1-13-2-8-16(9-3-13)22-18(25)11-27-12-19(26)24-20-23-17(10-28-20)14-4-6-15(21)7-5-14/h2-10H,11-12H2,1H3,(H,22,25)(H,23,24,26). The van der Waals surface area contributed by atoms with Crippen molar-refractivity contribution in [2.75, 3.05) is 22.1 Å². The molecule has 28 heavy (non-hydrogen) atoms. The van der Waals surface area contributed by atoms with E-state index in [0.29, 0.717) is 10.2 Å². The van der Waals surface area contributed by atoms with E-state index in [1.54, 1.807) is 12.1 Å². The number of aromatic nitrogens is 1. The van der Waals surface area contributed by atoms with Crippen LogP contribution in [0.2, 0.25) is 5.02 Å². The summed E-state index contributed by atoms with van der Waals surface area (Å²) in [6, 6.07) is 14.9. The lowest BCUT2D eigenvalue weighted by Crippen LogP contribution is -2.18. The van der Waals surface area contributed by atoms with Gasteiger partial charge in [0.25, 0.3) is 0 Å². The van der Waals surface area contributed by atoms with Crippen LogP contribution < -0.4 is 10.6 Å². The van der Waals surface area contributed by atoms with Crippen LogP contribution >= 0.6 is 34.7 Å². The highest BCUT2D eigenvalue weighted by Gasteiger charge is 2.10. The Hall–Kier alpha value is -2.35. The van der Waals surface area contributed by atoms with Crippen molar-refractivity contribution in [1.82, 2.24) is 4.98 Å². The third-order valence-corrected chi connectivity index (χ3v) is 5.63. The van der Waals surface area contributed by atoms with Gasteiger partial charge >= 0.3 is 0 Å². The summed E-state index contributed by atoms with van der Waals surface area (Å²) in [5, 5.41) is 8.64. The minimum Gasteiger partial charge on any atom is -0.325 e. The van der Waals surface area contributed by atoms with Crippen molar-refractivity contribution >= 4 is 57.3 Å². The SMILES string of the molecule is Cc1ccc(NC(=O)CSCC(=O)Nc2nc(-c3ccc(Cl)cc3)cs2)cc1. The molecule has 1 aromatic heterocycles. The Morgan fingerprint density at radius 1 is 1.00 bits per heavy atom. The van der Waals surface area contributed by atoms with E-state index in [0.717, 1.165) is 22.5 Å². The summed E-state index contributed by atoms with van der Waals surface area (Å²) in [5.41, 5.74) is 3.59. The summed E-state index contributed by atoms with van der Waals surface area (Å²) in [4.78, 5) is 28.4. The Morgan fingerprint density at radius 3 is 2.32 bits per heavy atom. The number of carbonyl (C=O) groups excluding carboxylic acids is 2. The molecule has 0 atom stereocenters. The number of nitrogens with zero attached hydrogens (tertiary/aromatic N) is 1. The van der Waals surface area contributed by atoms with Crippen molar-refractivity contribution in [3.8, 4) is 11.3 Å². The van der Waals surface area contributed by atoms with Crippen molar-refractivity contribution in [3.05, 3.63) is 64.5 Å². The van der Waals surface area contributed by atoms with E-state index in [9.17, 15) is 9.59 Å². The van der Waals surface area contributed by atoms with Crippen LogP contribution in [-0.4, -0.2) is 28.3 Å². The fourth-order valence-corrected chi connectivity index (χ4v) is 3.79. The molecule has 0 aliphatic rings. The molecule has 0 unspecified atom stereocenters. The van der Waals surface area contributed by atoms with Crippen molar-refractivity contribution < 1.29 is 9.59 Å². The maximum absolute atomic E-state index is 12.1. The second kappa shape index (κ2) is 9.73. The average molecular weight is 432 g/mol. The molecule has 0 spiro atoms. The van der Waals surface area contributed by atoms with Crippen LogP contribution in [0.1, 0.15) is 5.56 Å². The van der Waals surface area contributed by atoms with Gasteiger partial charge in [0.1, 0.15) is 0 Å². The van der Waals surface area contributed by atoms with Gasteiger partial charge < -0.3 is 10.6 Å². The Labute approximate surface area is 176 Å². The lowest BCUT2D eigenvalue weighted by atomic mass is 10.2. The van der Waals surface area contributed by atoms with Crippen molar-refractivity contribution in [3.63, 3.8) is 0 Å². The predicted octanol–water partition coefficient (Wildman–Crippen LogP) is 5.08. The number of thiazole rings is 1. The van der Waals surface area contributed by atoms with Gasteiger partial charge in [-0.05, 0) is 31.2 Å². The lowest BCUT2D eigenvalue weighted by molar-refractivity contribution is -0.114. The number of rotatable bonds is 7. The Kier molecular flexibility index (Phi) is 7.08. The minimum atomic E-state index is -0.190. The summed E-state index contributed by atoms with van der Waals surface area (Å²) in [6.07, 6.45) is 0. The normalized spacial score (nSPS) is 10.5. The van der Waals surface area contributed by atoms with E-state index in [1.165, 1.54) is 23.1 Å². The third-order valence-electron chi connectivity index (χ3n) is 3.69. The molecule has 0 aliphatic heterocycles. The molecule has 2 aromatic carbocycles. The van der Waals surface area contributed by atoms with Crippen LogP contribution in [0.25, 0.3) is 11.3 Å². The van der Waals surface area contributed by atoms with E-state index in [1.807, 2.05) is 48.7 Å². The first-order chi connectivity index (χ1) is 13.5. The first kappa shape index (κ1) is 20.4. The number of anilines is 2. The van der Waals surface area contributed by atoms with Gasteiger partial charge in [0.2, 0.25) is 11.8 Å². The number of benzene rings is 2. The van der Waals surface area contributed by atoms with Gasteiger partial charge in [-0.15, -0.1) is 23.1 Å². The fraction of sp³-hybridized carbons (Fsp3) is 0.150. The molecule has 2 amide bonds. The molecule has 5 nitrogen and oxygen atoms in total. The number of carbonyl (C=O) groups is 2. The van der Waals surface area contributed by atoms with Crippen molar-refractivity contribution in [2.45, 2.75) is 6.92 Å². The smallest absolute Gasteiger partial charge is 0.236 e. The molecule has 2 N–H and O–H groups in total. The van der Waals surface area contributed by atoms with E-state index in [2.05, 4.69) is 15.6 Å². The first-order valence-electron chi connectivity index (χ1n) is 8.45. The summed E-state index contributed by atoms with van der Waals surface area (Å²) in [7, 11) is 0. The van der Waals surface area contributed by atoms with Crippen molar-refractivity contribution in [1.29, 1.82) is 0 Å². The molecule has 8 heteroatoms. The quantitative estimate of drug-likeness (QED) is 0.547. The number of thioether (sulfide) groups is 1. The molecule has 1 heterocycles. The zero-order valence-corrected chi connectivity index (χ0v) is 17.5. The van der Waals surface area contributed by atoms with Gasteiger partial charge in [0, 0.05) is 21.7 Å². The highest BCUT2D eigenvalue weighted by Crippen LogP contribution is 2.26. The molecule has 0 saturated carbocycles. The van der Waals surface area contributed by atoms with E-state index in [-0.39, 0.29) is 23.3 Å². The maximum atomic E-state index is 12.1. The number of nitrogens with one attached hydrogen (secondary N) is 2. The van der Waals surface area contributed by atoms with Crippen LogP contribution in [0, 0.1) is 6.92 Å². The number of amides is 2. The number of hydrogen-bond donors (Lipinski definition) is 2. The fourth-order valence-electron chi connectivity index (χ4n) is 2.31. The highest BCUT2D eigenvalue weighted by atomic mass is 35.5. The van der Waals surface area contributed by atoms with Gasteiger partial charge in [0.05, 0.1) is 17.2 Å². The molecule has 3 rings (SSSR count). The summed E-state index contributed by atoms with van der Waals surface area (Å²) >= 11 is 8.50. The molecular formula is C20H18ClN3O2S2. The molecule has 3 aromatic rings. The Morgan fingerprint density at radius 2 is 1.64 bits per heavy atom. The van der Waals surface area contributed by atoms with Crippen LogP contribution in [0.4, 0.5) is 10.8 Å². The van der Waals surface area contributed by atoms with Crippen molar-refractivity contribution in [2.24, 2.45) is 0 Å². The van der Waals surface area contributed by atoms with Gasteiger partial charge in [-0.2, -0.15) is 0 Å². The summed E-state index contributed by atoms with van der Waals surface area (Å²) < 4.78 is 0. The largest absolute Gasteiger partial charge is 0.325 e. The van der Waals surface area contributed by atoms with Gasteiger partial charge in [-0.25, -0.2) is 4.98 Å². The topological polar surface area (TPSA) is 71.1 Å². The monoisotopic (exact) mass is 431 g/mol. The molecule has 0 saturated heterocycles. The lowest BCUT2D eigenvalue weighted by Gasteiger charge is -2.05. The van der Waals surface area contributed by atoms with Crippen LogP contribution in [0.3, 0.4) is 0 Å². The summed E-state index contributed by atoms with van der Waals surface area (Å²) in [6.45, 7) is 1.99. The van der Waals surface area contributed by atoms with Gasteiger partial charge in [-0.3, -0.25) is 9.59 Å². The van der Waals surface area contributed by atoms with Gasteiger partial charge in [-0.1, -0.05) is 41.4 Å². The third kappa shape index (κ3) is 6.09. The number of aryl methyl sites for hydroxylation is 1. The van der Waals surface area contributed by atoms with Gasteiger partial charge in [0.15, 0.2) is 5.13 Å². The zero-order valence-electron chi connectivity index (χ0n) is 15.1. The van der Waals surface area contributed by atoms with Crippen LogP contribution in [0.15, 0.2) is 53.9 Å². The van der Waals surface area contributed by atoms with Crippen LogP contribution in [-0.2, 0) is 9.59 Å². The van der Waals surface area contributed by atoms with E-state index >= 15 is 0 Å². The Balaban J connectivity index is 1.42. The average Bonchev–Trinajstić information content (AvgIpc) is 3.12. The zero-order chi connectivity index (χ0) is 19.9. The second-order valence-corrected chi connectivity index (χ2v) is 8.28. The molecule has 0 fully saturated rings. The highest BCUT2D eigenvalue weighted by molar-refractivity contribution is 8.00. The molecule has 0 aliphatic carbocycles. The molecule has 144 valence electrons. The molecular weight excluding hydrogens is 414 g/mol. The summed E-state index contributed by atoms with van der Waals surface area (Å²) in [5.74, 6) is 0.0536. The van der Waals surface area contributed by atoms with E-state index < -0.39 is 0 Å². The number of hydrogen-bond acceptors (Lipinski definition) is 5. The predicted molar refractivity (Wildman–Crippen MR) is 118 cm³/mol. The molecule has 0 radical (unpaired) electrons. The Bertz CT molecular complexity index is 956.